The van der Waals surface area contributed by atoms with Crippen LogP contribution < -0.4 is 0 Å². The highest BCUT2D eigenvalue weighted by molar-refractivity contribution is 6.39. The first-order valence-electron chi connectivity index (χ1n) is 24.5. The number of methoxy groups -OCH3 is 2. The van der Waals surface area contributed by atoms with E-state index in [0.29, 0.717) is 63.4 Å². The van der Waals surface area contributed by atoms with Crippen LogP contribution in [0.1, 0.15) is 139 Å². The molecule has 0 spiro atoms. The van der Waals surface area contributed by atoms with E-state index in [-0.39, 0.29) is 54.6 Å². The van der Waals surface area contributed by atoms with Crippen LogP contribution in [0.3, 0.4) is 0 Å². The van der Waals surface area contributed by atoms with Gasteiger partial charge in [0, 0.05) is 39.0 Å². The fraction of sp³-hybridized carbons (Fsp3) is 0.788. The van der Waals surface area contributed by atoms with Gasteiger partial charge < -0.3 is 49.4 Å². The molecular formula is C52H85NO12. The van der Waals surface area contributed by atoms with Gasteiger partial charge in [0.25, 0.3) is 11.7 Å². The second-order valence-electron chi connectivity index (χ2n) is 21.1. The van der Waals surface area contributed by atoms with Crippen LogP contribution in [0, 0.1) is 40.9 Å². The summed E-state index contributed by atoms with van der Waals surface area (Å²) in [6.07, 6.45) is 11.8. The molecule has 370 valence electrons. The highest BCUT2D eigenvalue weighted by Crippen LogP contribution is 2.41. The number of hydrogen-bond donors (Lipinski definition) is 5. The van der Waals surface area contributed by atoms with Crippen LogP contribution in [-0.4, -0.2) is 130 Å². The molecule has 5 N–H and O–H groups in total. The van der Waals surface area contributed by atoms with Crippen LogP contribution >= 0.6 is 0 Å². The normalized spacial score (nSPS) is 42.3. The van der Waals surface area contributed by atoms with Gasteiger partial charge in [-0.2, -0.15) is 0 Å². The number of fused-ring (bicyclic) bond motifs is 3. The summed E-state index contributed by atoms with van der Waals surface area (Å²) in [6.45, 7) is 17.6. The maximum absolute atomic E-state index is 14.4. The van der Waals surface area contributed by atoms with Crippen molar-refractivity contribution >= 4 is 17.7 Å². The van der Waals surface area contributed by atoms with Crippen molar-refractivity contribution < 1.29 is 58.9 Å². The lowest BCUT2D eigenvalue weighted by molar-refractivity contribution is -0.266. The average molecular weight is 916 g/mol. The number of carbonyl (C=O) groups excluding carboxylic acids is 3. The molecule has 0 radical (unpaired) electrons. The van der Waals surface area contributed by atoms with E-state index in [0.717, 1.165) is 12.0 Å². The van der Waals surface area contributed by atoms with Crippen molar-refractivity contribution in [1.29, 1.82) is 0 Å². The van der Waals surface area contributed by atoms with Gasteiger partial charge in [-0.25, -0.2) is 4.79 Å². The van der Waals surface area contributed by atoms with Gasteiger partial charge in [-0.3, -0.25) is 9.59 Å². The summed E-state index contributed by atoms with van der Waals surface area (Å²) in [5.74, 6) is -6.50. The Hall–Kier alpha value is -2.75. The molecule has 2 bridgehead atoms. The second-order valence-corrected chi connectivity index (χ2v) is 21.1. The number of ketones is 1. The predicted molar refractivity (Wildman–Crippen MR) is 250 cm³/mol. The zero-order valence-electron chi connectivity index (χ0n) is 41.4. The molecule has 4 aliphatic rings. The average Bonchev–Trinajstić information content (AvgIpc) is 3.26. The molecular weight excluding hydrogens is 831 g/mol. The second kappa shape index (κ2) is 24.5. The number of aliphatic hydroxyl groups excluding tert-OH is 4. The Morgan fingerprint density at radius 2 is 1.57 bits per heavy atom. The van der Waals surface area contributed by atoms with Gasteiger partial charge >= 0.3 is 5.97 Å². The number of esters is 1. The van der Waals surface area contributed by atoms with Crippen LogP contribution in [-0.2, 0) is 33.3 Å². The van der Waals surface area contributed by atoms with Crippen LogP contribution in [0.2, 0.25) is 0 Å². The first-order valence-corrected chi connectivity index (χ1v) is 24.5. The highest BCUT2D eigenvalue weighted by atomic mass is 16.6. The third-order valence-corrected chi connectivity index (χ3v) is 15.4. The lowest BCUT2D eigenvalue weighted by Gasteiger charge is -2.44. The summed E-state index contributed by atoms with van der Waals surface area (Å²) < 4.78 is 23.9. The van der Waals surface area contributed by atoms with Gasteiger partial charge in [-0.15, -0.1) is 0 Å². The minimum Gasteiger partial charge on any atom is -0.460 e. The molecule has 4 rings (SSSR count). The molecule has 0 aromatic carbocycles. The van der Waals surface area contributed by atoms with Crippen LogP contribution in [0.5, 0.6) is 0 Å². The molecule has 0 aromatic heterocycles. The Bertz CT molecular complexity index is 1690. The lowest BCUT2D eigenvalue weighted by atomic mass is 9.76. The minimum absolute atomic E-state index is 0.0437. The van der Waals surface area contributed by atoms with Gasteiger partial charge in [0.1, 0.15) is 24.4 Å². The molecule has 1 saturated carbocycles. The number of carbonyl (C=O) groups is 3. The van der Waals surface area contributed by atoms with Crippen molar-refractivity contribution in [3.8, 4) is 0 Å². The van der Waals surface area contributed by atoms with Gasteiger partial charge in [0.15, 0.2) is 0 Å². The molecule has 13 nitrogen and oxygen atoms in total. The number of ether oxygens (including phenoxy) is 4. The lowest BCUT2D eigenvalue weighted by Crippen LogP contribution is -2.61. The summed E-state index contributed by atoms with van der Waals surface area (Å²) in [5, 5.41) is 57.3. The fourth-order valence-corrected chi connectivity index (χ4v) is 10.5. The van der Waals surface area contributed by atoms with E-state index in [1.165, 1.54) is 12.0 Å². The number of allylic oxidation sites excluding steroid dienone is 6. The van der Waals surface area contributed by atoms with Crippen molar-refractivity contribution in [2.45, 2.75) is 200 Å². The van der Waals surface area contributed by atoms with Crippen molar-refractivity contribution in [2.24, 2.45) is 40.9 Å². The van der Waals surface area contributed by atoms with Crippen molar-refractivity contribution in [2.75, 3.05) is 20.8 Å². The first kappa shape index (κ1) is 54.9. The molecule has 3 aliphatic heterocycles. The number of nitrogens with zero attached hydrogens (tertiary/aromatic N) is 1. The topological polar surface area (TPSA) is 193 Å². The Morgan fingerprint density at radius 3 is 2.25 bits per heavy atom. The minimum atomic E-state index is -2.37. The van der Waals surface area contributed by atoms with Crippen molar-refractivity contribution in [3.63, 3.8) is 0 Å². The fourth-order valence-electron chi connectivity index (χ4n) is 10.5. The summed E-state index contributed by atoms with van der Waals surface area (Å²) >= 11 is 0. The molecule has 65 heavy (non-hydrogen) atoms. The van der Waals surface area contributed by atoms with Crippen molar-refractivity contribution in [3.05, 3.63) is 47.6 Å². The number of amides is 1. The maximum Gasteiger partial charge on any atom is 0.329 e. The Labute approximate surface area is 389 Å². The Balaban J connectivity index is 1.70. The van der Waals surface area contributed by atoms with Gasteiger partial charge in [0.05, 0.1) is 30.5 Å². The number of hydrogen-bond acceptors (Lipinski definition) is 12. The van der Waals surface area contributed by atoms with E-state index >= 15 is 0 Å². The van der Waals surface area contributed by atoms with Crippen molar-refractivity contribution in [1.82, 2.24) is 4.90 Å². The van der Waals surface area contributed by atoms with Crippen LogP contribution in [0.4, 0.5) is 0 Å². The molecule has 6 unspecified atom stereocenters. The Kier molecular flexibility index (Phi) is 20.7. The van der Waals surface area contributed by atoms with Gasteiger partial charge in [-0.05, 0) is 119 Å². The van der Waals surface area contributed by atoms with Crippen LogP contribution in [0.15, 0.2) is 47.6 Å². The molecule has 13 heteroatoms. The highest BCUT2D eigenvalue weighted by Gasteiger charge is 2.53. The molecule has 2 saturated heterocycles. The number of Topliss-reactive ketones (excluding diaryl/α,β-unsaturated/α-hetero) is 1. The summed E-state index contributed by atoms with van der Waals surface area (Å²) in [4.78, 5) is 44.2. The third-order valence-electron chi connectivity index (χ3n) is 15.4. The smallest absolute Gasteiger partial charge is 0.329 e. The first-order chi connectivity index (χ1) is 30.5. The zero-order valence-corrected chi connectivity index (χ0v) is 41.4. The molecule has 0 aromatic rings. The van der Waals surface area contributed by atoms with E-state index in [1.807, 2.05) is 52.0 Å². The summed E-state index contributed by atoms with van der Waals surface area (Å²) in [7, 11) is 3.05. The zero-order chi connectivity index (χ0) is 48.4. The van der Waals surface area contributed by atoms with E-state index in [4.69, 9.17) is 18.9 Å². The number of piperidine rings is 1. The number of cyclic esters (lactones) is 1. The molecule has 16 atom stereocenters. The van der Waals surface area contributed by atoms with E-state index in [9.17, 15) is 39.9 Å². The van der Waals surface area contributed by atoms with E-state index in [2.05, 4.69) is 26.8 Å². The monoisotopic (exact) mass is 916 g/mol. The molecule has 3 heterocycles. The quantitative estimate of drug-likeness (QED) is 0.111. The van der Waals surface area contributed by atoms with E-state index < -0.39 is 84.1 Å². The standard InChI is InChI=1S/C52H85NO12/c1-31-17-13-12-14-18-36(6)51(8,9)30-39-22-20-37(7)52(61,65-39)48(58)49(59)53-24-16-15-19-40(53)50(60)64-43(33(3)27-38-21-23-41(54)44(28-38)62-10)29-42(55)32(2)26-35(5)46(57)47(63-11)45(56)34(4)25-31/h12-14,17-18,26,31-34,37-47,54-57,61H,15-16,19-25,27-30H2,1-11H3/b14-12+,17-13+,35-26+,36-18+/t31-,32-,33-,34-,37-,38?,39?,40?,41-,42?,43?,44-,45?,46-,47+,52-/m1/s1. The van der Waals surface area contributed by atoms with Gasteiger partial charge in [-0.1, -0.05) is 90.5 Å². The Morgan fingerprint density at radius 1 is 0.862 bits per heavy atom. The van der Waals surface area contributed by atoms with E-state index in [1.54, 1.807) is 27.0 Å². The third kappa shape index (κ3) is 14.4. The predicted octanol–water partition coefficient (Wildman–Crippen LogP) is 6.78. The largest absolute Gasteiger partial charge is 0.460 e. The number of aliphatic hydroxyl groups is 5. The van der Waals surface area contributed by atoms with Gasteiger partial charge in [0.2, 0.25) is 5.79 Å². The molecule has 3 fully saturated rings. The maximum atomic E-state index is 14.4. The SMILES string of the molecule is CO[C@@H]1CC(C[C@@H](C)C2CC(O)[C@H](C)/C=C(\C)[C@@H](O)[C@@H](OC)C(O)[C@H](C)C[C@H](C)/C=C/C=C/C=C(\C)C(C)(C)CC3CC[C@@H](C)[C@@](O)(O3)C(=O)C(=O)N3CCCCC3C(=O)O2)CC[C@H]1O. The summed E-state index contributed by atoms with van der Waals surface area (Å²) in [5.41, 5.74) is 1.20. The molecule has 1 amide bonds. The van der Waals surface area contributed by atoms with Crippen LogP contribution in [0.25, 0.3) is 0 Å². The molecule has 1 aliphatic carbocycles. The number of rotatable bonds is 5. The summed E-state index contributed by atoms with van der Waals surface area (Å²) in [6, 6.07) is -1.09.